The molecule has 0 radical (unpaired) electrons. The molecule has 0 N–H and O–H groups in total. The third-order valence-corrected chi connectivity index (χ3v) is 4.27. The number of aryl methyl sites for hydroxylation is 1. The summed E-state index contributed by atoms with van der Waals surface area (Å²) in [7, 11) is 0. The Morgan fingerprint density at radius 2 is 2.08 bits per heavy atom. The number of oxazole rings is 1. The summed E-state index contributed by atoms with van der Waals surface area (Å²) < 4.78 is 11.6. The highest BCUT2D eigenvalue weighted by atomic mass is 16.5. The Bertz CT molecular complexity index is 737. The van der Waals surface area contributed by atoms with E-state index in [1.165, 1.54) is 6.42 Å². The Kier molecular flexibility index (Phi) is 4.75. The fraction of sp³-hybridized carbons (Fsp3) is 0.474. The van der Waals surface area contributed by atoms with Crippen molar-refractivity contribution in [3.05, 3.63) is 41.4 Å². The molecule has 126 valence electrons. The van der Waals surface area contributed by atoms with Crippen molar-refractivity contribution in [2.45, 2.75) is 33.8 Å². The molecule has 1 saturated heterocycles. The zero-order valence-corrected chi connectivity index (χ0v) is 14.5. The SMILES string of the molecule is Cc1cccc(OCc2nc(C#N)c(N3C[C@H](C)C[C@H](C)C3)o2)c1. The molecule has 0 unspecified atom stereocenters. The Morgan fingerprint density at radius 1 is 1.33 bits per heavy atom. The molecule has 24 heavy (non-hydrogen) atoms. The number of rotatable bonds is 4. The van der Waals surface area contributed by atoms with Gasteiger partial charge in [-0.1, -0.05) is 26.0 Å². The van der Waals surface area contributed by atoms with Gasteiger partial charge < -0.3 is 14.1 Å². The van der Waals surface area contributed by atoms with E-state index in [1.807, 2.05) is 31.2 Å². The normalized spacial score (nSPS) is 20.7. The molecule has 2 aromatic rings. The number of piperidine rings is 1. The highest BCUT2D eigenvalue weighted by Gasteiger charge is 2.27. The number of benzene rings is 1. The van der Waals surface area contributed by atoms with Gasteiger partial charge in [-0.15, -0.1) is 0 Å². The van der Waals surface area contributed by atoms with E-state index in [2.05, 4.69) is 29.8 Å². The number of hydrogen-bond acceptors (Lipinski definition) is 5. The van der Waals surface area contributed by atoms with Crippen molar-refractivity contribution in [1.82, 2.24) is 4.98 Å². The number of anilines is 1. The third kappa shape index (κ3) is 3.70. The highest BCUT2D eigenvalue weighted by Crippen LogP contribution is 2.29. The first-order chi connectivity index (χ1) is 11.5. The van der Waals surface area contributed by atoms with Gasteiger partial charge in [0.15, 0.2) is 6.61 Å². The van der Waals surface area contributed by atoms with Crippen LogP contribution in [-0.2, 0) is 6.61 Å². The van der Waals surface area contributed by atoms with Gasteiger partial charge in [0, 0.05) is 13.1 Å². The van der Waals surface area contributed by atoms with Crippen molar-refractivity contribution in [3.63, 3.8) is 0 Å². The van der Waals surface area contributed by atoms with Crippen LogP contribution in [0, 0.1) is 30.1 Å². The molecule has 5 heteroatoms. The average Bonchev–Trinajstić information content (AvgIpc) is 2.95. The van der Waals surface area contributed by atoms with Crippen molar-refractivity contribution < 1.29 is 9.15 Å². The Morgan fingerprint density at radius 3 is 2.75 bits per heavy atom. The number of aromatic nitrogens is 1. The molecular formula is C19H23N3O2. The summed E-state index contributed by atoms with van der Waals surface area (Å²) in [5.74, 6) is 2.95. The second-order valence-corrected chi connectivity index (χ2v) is 6.83. The van der Waals surface area contributed by atoms with Gasteiger partial charge in [-0.3, -0.25) is 0 Å². The van der Waals surface area contributed by atoms with Crippen LogP contribution in [0.1, 0.15) is 37.4 Å². The van der Waals surface area contributed by atoms with E-state index < -0.39 is 0 Å². The van der Waals surface area contributed by atoms with Crippen molar-refractivity contribution in [1.29, 1.82) is 5.26 Å². The topological polar surface area (TPSA) is 62.3 Å². The maximum Gasteiger partial charge on any atom is 0.236 e. The summed E-state index contributed by atoms with van der Waals surface area (Å²) in [5.41, 5.74) is 1.48. The molecule has 1 fully saturated rings. The van der Waals surface area contributed by atoms with Crippen molar-refractivity contribution in [3.8, 4) is 11.8 Å². The summed E-state index contributed by atoms with van der Waals surface area (Å²) in [6.45, 7) is 8.48. The van der Waals surface area contributed by atoms with Gasteiger partial charge in [-0.05, 0) is 42.9 Å². The van der Waals surface area contributed by atoms with Crippen LogP contribution in [0.5, 0.6) is 5.75 Å². The molecule has 2 heterocycles. The van der Waals surface area contributed by atoms with E-state index in [0.29, 0.717) is 29.3 Å². The quantitative estimate of drug-likeness (QED) is 0.852. The molecule has 0 spiro atoms. The van der Waals surface area contributed by atoms with Crippen LogP contribution in [0.4, 0.5) is 5.88 Å². The fourth-order valence-corrected chi connectivity index (χ4v) is 3.38. The van der Waals surface area contributed by atoms with Gasteiger partial charge in [0.25, 0.3) is 0 Å². The molecule has 3 rings (SSSR count). The standard InChI is InChI=1S/C19H23N3O2/c1-13-5-4-6-16(8-13)23-12-18-21-17(9-20)19(24-18)22-10-14(2)7-15(3)11-22/h4-6,8,14-15H,7,10-12H2,1-3H3/t14-,15+. The molecule has 5 nitrogen and oxygen atoms in total. The van der Waals surface area contributed by atoms with E-state index in [1.54, 1.807) is 0 Å². The van der Waals surface area contributed by atoms with Gasteiger partial charge in [0.05, 0.1) is 0 Å². The van der Waals surface area contributed by atoms with E-state index in [-0.39, 0.29) is 6.61 Å². The minimum absolute atomic E-state index is 0.219. The van der Waals surface area contributed by atoms with E-state index >= 15 is 0 Å². The number of ether oxygens (including phenoxy) is 1. The zero-order chi connectivity index (χ0) is 17.1. The zero-order valence-electron chi connectivity index (χ0n) is 14.5. The number of nitrogens with zero attached hydrogens (tertiary/aromatic N) is 3. The average molecular weight is 325 g/mol. The minimum atomic E-state index is 0.219. The van der Waals surface area contributed by atoms with Gasteiger partial charge in [0.1, 0.15) is 11.8 Å². The number of hydrogen-bond donors (Lipinski definition) is 0. The van der Waals surface area contributed by atoms with E-state index in [0.717, 1.165) is 24.4 Å². The predicted molar refractivity (Wildman–Crippen MR) is 91.9 cm³/mol. The fourth-order valence-electron chi connectivity index (χ4n) is 3.38. The van der Waals surface area contributed by atoms with Crippen molar-refractivity contribution >= 4 is 5.88 Å². The molecule has 0 saturated carbocycles. The summed E-state index contributed by atoms with van der Waals surface area (Å²) >= 11 is 0. The number of nitriles is 1. The van der Waals surface area contributed by atoms with Gasteiger partial charge in [-0.2, -0.15) is 10.2 Å². The Hall–Kier alpha value is -2.48. The molecule has 2 atom stereocenters. The van der Waals surface area contributed by atoms with E-state index in [4.69, 9.17) is 9.15 Å². The smallest absolute Gasteiger partial charge is 0.236 e. The summed E-state index contributed by atoms with van der Waals surface area (Å²) in [6, 6.07) is 9.97. The first-order valence-corrected chi connectivity index (χ1v) is 8.39. The molecular weight excluding hydrogens is 302 g/mol. The monoisotopic (exact) mass is 325 g/mol. The molecule has 1 aromatic heterocycles. The summed E-state index contributed by atoms with van der Waals surface area (Å²) in [5, 5.41) is 9.38. The van der Waals surface area contributed by atoms with E-state index in [9.17, 15) is 5.26 Å². The maximum absolute atomic E-state index is 9.38. The van der Waals surface area contributed by atoms with Gasteiger partial charge >= 0.3 is 0 Å². The lowest BCUT2D eigenvalue weighted by Gasteiger charge is -2.34. The molecule has 0 bridgehead atoms. The second kappa shape index (κ2) is 6.96. The largest absolute Gasteiger partial charge is 0.484 e. The molecule has 1 aliphatic rings. The van der Waals surface area contributed by atoms with Crippen molar-refractivity contribution in [2.24, 2.45) is 11.8 Å². The van der Waals surface area contributed by atoms with Gasteiger partial charge in [-0.25, -0.2) is 0 Å². The minimum Gasteiger partial charge on any atom is -0.484 e. The molecule has 0 amide bonds. The van der Waals surface area contributed by atoms with Gasteiger partial charge in [0.2, 0.25) is 17.5 Å². The molecule has 1 aliphatic heterocycles. The summed E-state index contributed by atoms with van der Waals surface area (Å²) in [4.78, 5) is 6.44. The van der Waals surface area contributed by atoms with Crippen molar-refractivity contribution in [2.75, 3.05) is 18.0 Å². The summed E-state index contributed by atoms with van der Waals surface area (Å²) in [6.07, 6.45) is 1.20. The Labute approximate surface area is 142 Å². The first-order valence-electron chi connectivity index (χ1n) is 8.39. The Balaban J connectivity index is 1.74. The van der Waals surface area contributed by atoms with Crippen LogP contribution in [0.25, 0.3) is 0 Å². The maximum atomic E-state index is 9.38. The van der Waals surface area contributed by atoms with Crippen LogP contribution < -0.4 is 9.64 Å². The second-order valence-electron chi connectivity index (χ2n) is 6.83. The molecule has 0 aliphatic carbocycles. The van der Waals surface area contributed by atoms with Crippen LogP contribution >= 0.6 is 0 Å². The van der Waals surface area contributed by atoms with Crippen LogP contribution in [-0.4, -0.2) is 18.1 Å². The lowest BCUT2D eigenvalue weighted by Crippen LogP contribution is -2.38. The first kappa shape index (κ1) is 16.4. The highest BCUT2D eigenvalue weighted by molar-refractivity contribution is 5.48. The van der Waals surface area contributed by atoms with Crippen LogP contribution in [0.2, 0.25) is 0 Å². The predicted octanol–water partition coefficient (Wildman–Crippen LogP) is 3.92. The third-order valence-electron chi connectivity index (χ3n) is 4.27. The van der Waals surface area contributed by atoms with Crippen LogP contribution in [0.15, 0.2) is 28.7 Å². The van der Waals surface area contributed by atoms with Crippen LogP contribution in [0.3, 0.4) is 0 Å². The molecule has 1 aromatic carbocycles. The lowest BCUT2D eigenvalue weighted by atomic mass is 9.92. The lowest BCUT2D eigenvalue weighted by molar-refractivity contribution is 0.260.